The van der Waals surface area contributed by atoms with Gasteiger partial charge >= 0.3 is 0 Å². The molecule has 1 aromatic carbocycles. The number of halogens is 1. The second-order valence-electron chi connectivity index (χ2n) is 6.98. The fourth-order valence-corrected chi connectivity index (χ4v) is 3.05. The first-order chi connectivity index (χ1) is 13.5. The van der Waals surface area contributed by atoms with Crippen LogP contribution >= 0.6 is 11.6 Å². The Balaban J connectivity index is 1.74. The molecule has 0 bridgehead atoms. The minimum atomic E-state index is -0.328. The number of pyridine rings is 1. The van der Waals surface area contributed by atoms with E-state index < -0.39 is 0 Å². The Bertz CT molecular complexity index is 997. The molecular formula is C21H23ClN4O2. The molecule has 0 unspecified atom stereocenters. The standard InChI is InChI=1S/C21H23ClN4O2/c1-14(2)13-24-20(27)18-17-8-3-4-11-26(17)19(25-18)21(28)23-10-9-15-6-5-7-16(22)12-15/h3-8,11-12,14H,9-10,13H2,1-2H3,(H,23,28)(H,24,27). The van der Waals surface area contributed by atoms with Crippen molar-refractivity contribution in [3.63, 3.8) is 0 Å². The second-order valence-corrected chi connectivity index (χ2v) is 7.42. The van der Waals surface area contributed by atoms with Crippen LogP contribution in [0.15, 0.2) is 48.7 Å². The zero-order valence-corrected chi connectivity index (χ0v) is 16.7. The Morgan fingerprint density at radius 2 is 1.93 bits per heavy atom. The van der Waals surface area contributed by atoms with Gasteiger partial charge in [0.25, 0.3) is 11.8 Å². The van der Waals surface area contributed by atoms with E-state index in [0.717, 1.165) is 5.56 Å². The topological polar surface area (TPSA) is 75.5 Å². The average Bonchev–Trinajstić information content (AvgIpc) is 3.06. The maximum absolute atomic E-state index is 12.7. The van der Waals surface area contributed by atoms with Crippen LogP contribution in [-0.2, 0) is 6.42 Å². The number of aromatic nitrogens is 2. The molecule has 0 aliphatic rings. The van der Waals surface area contributed by atoms with E-state index in [1.807, 2.05) is 44.2 Å². The lowest BCUT2D eigenvalue weighted by Gasteiger charge is -2.05. The van der Waals surface area contributed by atoms with Crippen LogP contribution in [0.2, 0.25) is 5.02 Å². The minimum absolute atomic E-state index is 0.191. The summed E-state index contributed by atoms with van der Waals surface area (Å²) in [5.74, 6) is -0.0926. The Morgan fingerprint density at radius 3 is 2.68 bits per heavy atom. The van der Waals surface area contributed by atoms with Crippen molar-refractivity contribution in [2.45, 2.75) is 20.3 Å². The third-order valence-corrected chi connectivity index (χ3v) is 4.46. The fraction of sp³-hybridized carbons (Fsp3) is 0.286. The van der Waals surface area contributed by atoms with Crippen LogP contribution in [0.25, 0.3) is 5.52 Å². The third kappa shape index (κ3) is 4.70. The quantitative estimate of drug-likeness (QED) is 0.640. The molecule has 0 saturated carbocycles. The van der Waals surface area contributed by atoms with Crippen molar-refractivity contribution < 1.29 is 9.59 Å². The first kappa shape index (κ1) is 19.9. The molecule has 0 aliphatic heterocycles. The molecule has 28 heavy (non-hydrogen) atoms. The summed E-state index contributed by atoms with van der Waals surface area (Å²) in [6, 6.07) is 12.9. The van der Waals surface area contributed by atoms with Gasteiger partial charge in [-0.2, -0.15) is 0 Å². The summed E-state index contributed by atoms with van der Waals surface area (Å²) < 4.78 is 1.64. The number of nitrogens with zero attached hydrogens (tertiary/aromatic N) is 2. The summed E-state index contributed by atoms with van der Waals surface area (Å²) >= 11 is 5.99. The minimum Gasteiger partial charge on any atom is -0.350 e. The summed E-state index contributed by atoms with van der Waals surface area (Å²) in [6.45, 7) is 5.02. The lowest BCUT2D eigenvalue weighted by atomic mass is 10.1. The molecule has 7 heteroatoms. The molecule has 0 fully saturated rings. The van der Waals surface area contributed by atoms with Gasteiger partial charge in [-0.15, -0.1) is 0 Å². The van der Waals surface area contributed by atoms with Crippen LogP contribution in [0.1, 0.15) is 40.5 Å². The Morgan fingerprint density at radius 1 is 1.11 bits per heavy atom. The predicted molar refractivity (Wildman–Crippen MR) is 110 cm³/mol. The van der Waals surface area contributed by atoms with Crippen LogP contribution in [0.3, 0.4) is 0 Å². The molecule has 0 atom stereocenters. The summed E-state index contributed by atoms with van der Waals surface area (Å²) in [7, 11) is 0. The van der Waals surface area contributed by atoms with Crippen molar-refractivity contribution in [1.29, 1.82) is 0 Å². The van der Waals surface area contributed by atoms with E-state index in [0.29, 0.717) is 36.0 Å². The van der Waals surface area contributed by atoms with Gasteiger partial charge in [0.2, 0.25) is 5.82 Å². The van der Waals surface area contributed by atoms with Crippen molar-refractivity contribution in [2.75, 3.05) is 13.1 Å². The highest BCUT2D eigenvalue weighted by Gasteiger charge is 2.21. The Hall–Kier alpha value is -2.86. The van der Waals surface area contributed by atoms with E-state index in [9.17, 15) is 9.59 Å². The number of carbonyl (C=O) groups is 2. The van der Waals surface area contributed by atoms with Gasteiger partial charge in [-0.25, -0.2) is 4.98 Å². The molecule has 2 aromatic heterocycles. The fourth-order valence-electron chi connectivity index (χ4n) is 2.84. The number of hydrogen-bond acceptors (Lipinski definition) is 3. The van der Waals surface area contributed by atoms with Crippen LogP contribution in [0.5, 0.6) is 0 Å². The normalized spacial score (nSPS) is 11.0. The number of benzene rings is 1. The van der Waals surface area contributed by atoms with Gasteiger partial charge in [0.05, 0.1) is 5.52 Å². The molecule has 3 rings (SSSR count). The highest BCUT2D eigenvalue weighted by atomic mass is 35.5. The van der Waals surface area contributed by atoms with E-state index in [2.05, 4.69) is 15.6 Å². The molecule has 146 valence electrons. The molecule has 0 aliphatic carbocycles. The van der Waals surface area contributed by atoms with E-state index in [-0.39, 0.29) is 23.3 Å². The summed E-state index contributed by atoms with van der Waals surface area (Å²) in [6.07, 6.45) is 2.38. The number of rotatable bonds is 7. The smallest absolute Gasteiger partial charge is 0.287 e. The van der Waals surface area contributed by atoms with Crippen molar-refractivity contribution in [2.24, 2.45) is 5.92 Å². The van der Waals surface area contributed by atoms with Gasteiger partial charge in [-0.1, -0.05) is 43.6 Å². The number of hydrogen-bond donors (Lipinski definition) is 2. The number of carbonyl (C=O) groups excluding carboxylic acids is 2. The molecule has 2 heterocycles. The zero-order chi connectivity index (χ0) is 20.1. The summed E-state index contributed by atoms with van der Waals surface area (Å²) in [5.41, 5.74) is 1.89. The van der Waals surface area contributed by atoms with Crippen molar-refractivity contribution in [1.82, 2.24) is 20.0 Å². The number of fused-ring (bicyclic) bond motifs is 1. The van der Waals surface area contributed by atoms with Gasteiger partial charge in [0.15, 0.2) is 5.69 Å². The highest BCUT2D eigenvalue weighted by molar-refractivity contribution is 6.30. The van der Waals surface area contributed by atoms with Crippen molar-refractivity contribution in [3.05, 3.63) is 70.8 Å². The Labute approximate surface area is 168 Å². The molecule has 2 N–H and O–H groups in total. The van der Waals surface area contributed by atoms with Crippen molar-refractivity contribution >= 4 is 28.9 Å². The highest BCUT2D eigenvalue weighted by Crippen LogP contribution is 2.14. The van der Waals surface area contributed by atoms with E-state index in [1.165, 1.54) is 0 Å². The number of nitrogens with one attached hydrogen (secondary N) is 2. The van der Waals surface area contributed by atoms with E-state index in [1.54, 1.807) is 22.7 Å². The van der Waals surface area contributed by atoms with Crippen LogP contribution < -0.4 is 10.6 Å². The monoisotopic (exact) mass is 398 g/mol. The van der Waals surface area contributed by atoms with E-state index >= 15 is 0 Å². The molecule has 6 nitrogen and oxygen atoms in total. The number of imidazole rings is 1. The summed E-state index contributed by atoms with van der Waals surface area (Å²) in [4.78, 5) is 29.5. The summed E-state index contributed by atoms with van der Waals surface area (Å²) in [5, 5.41) is 6.39. The Kier molecular flexibility index (Phi) is 6.31. The van der Waals surface area contributed by atoms with E-state index in [4.69, 9.17) is 11.6 Å². The van der Waals surface area contributed by atoms with Crippen LogP contribution in [-0.4, -0.2) is 34.3 Å². The van der Waals surface area contributed by atoms with Gasteiger partial charge in [-0.3, -0.25) is 14.0 Å². The van der Waals surface area contributed by atoms with Gasteiger partial charge in [0, 0.05) is 24.3 Å². The lowest BCUT2D eigenvalue weighted by Crippen LogP contribution is -2.29. The van der Waals surface area contributed by atoms with Gasteiger partial charge in [0.1, 0.15) is 0 Å². The maximum Gasteiger partial charge on any atom is 0.287 e. The van der Waals surface area contributed by atoms with Gasteiger partial charge < -0.3 is 10.6 Å². The van der Waals surface area contributed by atoms with Gasteiger partial charge in [-0.05, 0) is 42.2 Å². The average molecular weight is 399 g/mol. The second kappa shape index (κ2) is 8.89. The molecule has 2 amide bonds. The largest absolute Gasteiger partial charge is 0.350 e. The lowest BCUT2D eigenvalue weighted by molar-refractivity contribution is 0.0942. The molecule has 0 saturated heterocycles. The maximum atomic E-state index is 12.7. The predicted octanol–water partition coefficient (Wildman–Crippen LogP) is 3.35. The molecule has 3 aromatic rings. The molecular weight excluding hydrogens is 376 g/mol. The van der Waals surface area contributed by atoms with Crippen LogP contribution in [0, 0.1) is 5.92 Å². The van der Waals surface area contributed by atoms with Crippen LogP contribution in [0.4, 0.5) is 0 Å². The SMILES string of the molecule is CC(C)CNC(=O)c1nc(C(=O)NCCc2cccc(Cl)c2)n2ccccc12. The third-order valence-electron chi connectivity index (χ3n) is 4.23. The van der Waals surface area contributed by atoms with Crippen molar-refractivity contribution in [3.8, 4) is 0 Å². The molecule has 0 spiro atoms. The first-order valence-electron chi connectivity index (χ1n) is 9.23. The molecule has 0 radical (unpaired) electrons. The number of amides is 2. The zero-order valence-electron chi connectivity index (χ0n) is 15.9. The first-order valence-corrected chi connectivity index (χ1v) is 9.61.